The molecule has 0 spiro atoms. The monoisotopic (exact) mass is 188 g/mol. The van der Waals surface area contributed by atoms with E-state index in [-0.39, 0.29) is 6.54 Å². The third-order valence-corrected chi connectivity index (χ3v) is 2.18. The van der Waals surface area contributed by atoms with Gasteiger partial charge in [-0.15, -0.1) is 0 Å². The Kier molecular flexibility index (Phi) is 4.40. The molecule has 0 aromatic carbocycles. The molecule has 0 aromatic rings. The van der Waals surface area contributed by atoms with Crippen molar-refractivity contribution in [2.24, 2.45) is 5.73 Å². The summed E-state index contributed by atoms with van der Waals surface area (Å²) in [5.41, 5.74) is 3.93. The second-order valence-corrected chi connectivity index (χ2v) is 2.85. The molecule has 76 valence electrons. The first kappa shape index (κ1) is 11.9. The van der Waals surface area contributed by atoms with E-state index in [9.17, 15) is 9.59 Å². The summed E-state index contributed by atoms with van der Waals surface area (Å²) < 4.78 is 0. The zero-order valence-corrected chi connectivity index (χ0v) is 7.96. The fourth-order valence-electron chi connectivity index (χ4n) is 1.10. The van der Waals surface area contributed by atoms with Crippen LogP contribution >= 0.6 is 0 Å². The Bertz CT molecular complexity index is 200. The van der Waals surface area contributed by atoms with Gasteiger partial charge in [-0.25, -0.2) is 4.79 Å². The SMILES string of the molecule is CCC(CC)(NC(=O)CN)C(=O)O. The average Bonchev–Trinajstić information content (AvgIpc) is 2.13. The van der Waals surface area contributed by atoms with Gasteiger partial charge in [0.15, 0.2) is 0 Å². The van der Waals surface area contributed by atoms with E-state index in [0.717, 1.165) is 0 Å². The first-order valence-electron chi connectivity index (χ1n) is 4.26. The smallest absolute Gasteiger partial charge is 0.329 e. The molecule has 0 saturated carbocycles. The largest absolute Gasteiger partial charge is 0.480 e. The Morgan fingerprint density at radius 3 is 2.08 bits per heavy atom. The van der Waals surface area contributed by atoms with Crippen LogP contribution in [0.5, 0.6) is 0 Å². The molecule has 4 N–H and O–H groups in total. The number of carboxylic acids is 1. The van der Waals surface area contributed by atoms with Gasteiger partial charge in [-0.3, -0.25) is 4.79 Å². The minimum Gasteiger partial charge on any atom is -0.480 e. The molecule has 0 heterocycles. The lowest BCUT2D eigenvalue weighted by atomic mass is 9.93. The molecule has 0 aromatic heterocycles. The minimum atomic E-state index is -1.16. The second kappa shape index (κ2) is 4.81. The molecule has 5 heteroatoms. The molecule has 0 unspecified atom stereocenters. The predicted molar refractivity (Wildman–Crippen MR) is 48.1 cm³/mol. The molecule has 0 fully saturated rings. The van der Waals surface area contributed by atoms with Gasteiger partial charge < -0.3 is 16.2 Å². The van der Waals surface area contributed by atoms with Crippen LogP contribution in [-0.4, -0.2) is 29.1 Å². The van der Waals surface area contributed by atoms with E-state index in [1.54, 1.807) is 13.8 Å². The highest BCUT2D eigenvalue weighted by molar-refractivity contribution is 5.87. The number of carboxylic acid groups (broad SMARTS) is 1. The maximum absolute atomic E-state index is 11.0. The zero-order valence-electron chi connectivity index (χ0n) is 7.96. The van der Waals surface area contributed by atoms with E-state index in [0.29, 0.717) is 12.8 Å². The third-order valence-electron chi connectivity index (χ3n) is 2.18. The van der Waals surface area contributed by atoms with Gasteiger partial charge in [-0.2, -0.15) is 0 Å². The number of hydrogen-bond donors (Lipinski definition) is 3. The van der Waals surface area contributed by atoms with Crippen LogP contribution in [0.2, 0.25) is 0 Å². The molecule has 0 bridgehead atoms. The van der Waals surface area contributed by atoms with Gasteiger partial charge in [0, 0.05) is 0 Å². The molecule has 13 heavy (non-hydrogen) atoms. The van der Waals surface area contributed by atoms with Gasteiger partial charge in [-0.1, -0.05) is 13.8 Å². The van der Waals surface area contributed by atoms with E-state index < -0.39 is 17.4 Å². The highest BCUT2D eigenvalue weighted by atomic mass is 16.4. The van der Waals surface area contributed by atoms with Crippen LogP contribution < -0.4 is 11.1 Å². The van der Waals surface area contributed by atoms with Crippen molar-refractivity contribution < 1.29 is 14.7 Å². The van der Waals surface area contributed by atoms with Crippen LogP contribution in [0, 0.1) is 0 Å². The quantitative estimate of drug-likeness (QED) is 0.552. The molecular formula is C8H16N2O3. The Labute approximate surface area is 77.3 Å². The zero-order chi connectivity index (χ0) is 10.5. The summed E-state index contributed by atoms with van der Waals surface area (Å²) in [6.45, 7) is 3.25. The second-order valence-electron chi connectivity index (χ2n) is 2.85. The van der Waals surface area contributed by atoms with Gasteiger partial charge in [0.05, 0.1) is 6.54 Å². The van der Waals surface area contributed by atoms with E-state index in [1.165, 1.54) is 0 Å². The number of amides is 1. The van der Waals surface area contributed by atoms with Crippen molar-refractivity contribution in [1.82, 2.24) is 5.32 Å². The fourth-order valence-corrected chi connectivity index (χ4v) is 1.10. The summed E-state index contributed by atoms with van der Waals surface area (Å²) in [5.74, 6) is -1.45. The summed E-state index contributed by atoms with van der Waals surface area (Å²) in [6, 6.07) is 0. The lowest BCUT2D eigenvalue weighted by Crippen LogP contribution is -2.55. The van der Waals surface area contributed by atoms with Crippen LogP contribution in [0.1, 0.15) is 26.7 Å². The van der Waals surface area contributed by atoms with Crippen LogP contribution in [0.3, 0.4) is 0 Å². The van der Waals surface area contributed by atoms with Crippen molar-refractivity contribution in [3.8, 4) is 0 Å². The van der Waals surface area contributed by atoms with Gasteiger partial charge in [-0.05, 0) is 12.8 Å². The molecule has 0 aliphatic carbocycles. The highest BCUT2D eigenvalue weighted by Gasteiger charge is 2.35. The number of hydrogen-bond acceptors (Lipinski definition) is 3. The number of nitrogens with two attached hydrogens (primary N) is 1. The molecule has 0 radical (unpaired) electrons. The summed E-state index contributed by atoms with van der Waals surface area (Å²) >= 11 is 0. The lowest BCUT2D eigenvalue weighted by Gasteiger charge is -2.27. The van der Waals surface area contributed by atoms with Crippen LogP contribution in [0.25, 0.3) is 0 Å². The van der Waals surface area contributed by atoms with Crippen LogP contribution in [-0.2, 0) is 9.59 Å². The molecule has 0 rings (SSSR count). The summed E-state index contributed by atoms with van der Waals surface area (Å²) in [5, 5.41) is 11.3. The normalized spacial score (nSPS) is 11.0. The predicted octanol–water partition coefficient (Wildman–Crippen LogP) is -0.295. The van der Waals surface area contributed by atoms with Crippen LogP contribution in [0.15, 0.2) is 0 Å². The highest BCUT2D eigenvalue weighted by Crippen LogP contribution is 2.14. The topological polar surface area (TPSA) is 92.4 Å². The number of aliphatic carboxylic acids is 1. The Hall–Kier alpha value is -1.10. The maximum atomic E-state index is 11.0. The van der Waals surface area contributed by atoms with Crippen molar-refractivity contribution in [3.05, 3.63) is 0 Å². The summed E-state index contributed by atoms with van der Waals surface area (Å²) in [6.07, 6.45) is 0.704. The lowest BCUT2D eigenvalue weighted by molar-refractivity contribution is -0.147. The number of nitrogens with one attached hydrogen (secondary N) is 1. The fraction of sp³-hybridized carbons (Fsp3) is 0.750. The van der Waals surface area contributed by atoms with Crippen molar-refractivity contribution in [2.75, 3.05) is 6.54 Å². The van der Waals surface area contributed by atoms with E-state index in [4.69, 9.17) is 10.8 Å². The van der Waals surface area contributed by atoms with E-state index in [1.807, 2.05) is 0 Å². The third kappa shape index (κ3) is 2.69. The summed E-state index contributed by atoms with van der Waals surface area (Å²) in [7, 11) is 0. The number of carbonyl (C=O) groups excluding carboxylic acids is 1. The molecule has 0 saturated heterocycles. The average molecular weight is 188 g/mol. The molecule has 0 atom stereocenters. The maximum Gasteiger partial charge on any atom is 0.329 e. The van der Waals surface area contributed by atoms with Crippen LogP contribution in [0.4, 0.5) is 0 Å². The first-order valence-corrected chi connectivity index (χ1v) is 4.26. The number of carbonyl (C=O) groups is 2. The van der Waals surface area contributed by atoms with E-state index in [2.05, 4.69) is 5.32 Å². The summed E-state index contributed by atoms with van der Waals surface area (Å²) in [4.78, 5) is 21.8. The van der Waals surface area contributed by atoms with Gasteiger partial charge in [0.25, 0.3) is 0 Å². The van der Waals surface area contributed by atoms with Crippen molar-refractivity contribution in [2.45, 2.75) is 32.2 Å². The molecule has 0 aliphatic heterocycles. The number of rotatable bonds is 5. The van der Waals surface area contributed by atoms with Gasteiger partial charge in [0.2, 0.25) is 5.91 Å². The molecule has 1 amide bonds. The Morgan fingerprint density at radius 1 is 1.38 bits per heavy atom. The van der Waals surface area contributed by atoms with Gasteiger partial charge in [0.1, 0.15) is 5.54 Å². The first-order chi connectivity index (χ1) is 6.02. The van der Waals surface area contributed by atoms with Gasteiger partial charge >= 0.3 is 5.97 Å². The minimum absolute atomic E-state index is 0.185. The van der Waals surface area contributed by atoms with Crippen molar-refractivity contribution >= 4 is 11.9 Å². The Morgan fingerprint density at radius 2 is 1.85 bits per heavy atom. The van der Waals surface area contributed by atoms with Crippen molar-refractivity contribution in [3.63, 3.8) is 0 Å². The molecular weight excluding hydrogens is 172 g/mol. The standard InChI is InChI=1S/C8H16N2O3/c1-3-8(4-2,7(12)13)10-6(11)5-9/h3-5,9H2,1-2H3,(H,10,11)(H,12,13). The van der Waals surface area contributed by atoms with Crippen molar-refractivity contribution in [1.29, 1.82) is 0 Å². The van der Waals surface area contributed by atoms with E-state index >= 15 is 0 Å². The molecule has 5 nitrogen and oxygen atoms in total. The molecule has 0 aliphatic rings. The Balaban J connectivity index is 4.57.